The summed E-state index contributed by atoms with van der Waals surface area (Å²) in [6.07, 6.45) is -0.288. The van der Waals surface area contributed by atoms with Crippen molar-refractivity contribution in [3.8, 4) is 17.2 Å². The molecule has 0 radical (unpaired) electrons. The van der Waals surface area contributed by atoms with Gasteiger partial charge in [-0.2, -0.15) is 0 Å². The van der Waals surface area contributed by atoms with E-state index in [-0.39, 0.29) is 19.4 Å². The summed E-state index contributed by atoms with van der Waals surface area (Å²) >= 11 is 0. The van der Waals surface area contributed by atoms with Crippen LogP contribution in [0.4, 0.5) is 0 Å². The third kappa shape index (κ3) is 5.50. The van der Waals surface area contributed by atoms with Gasteiger partial charge in [0, 0.05) is 0 Å². The molecule has 22 heavy (non-hydrogen) atoms. The van der Waals surface area contributed by atoms with Gasteiger partial charge < -0.3 is 24.4 Å². The van der Waals surface area contributed by atoms with Crippen LogP contribution in [0.15, 0.2) is 48.5 Å². The fraction of sp³-hybridized carbons (Fsp3) is 0.200. The van der Waals surface area contributed by atoms with Crippen molar-refractivity contribution in [1.29, 1.82) is 0 Å². The lowest BCUT2D eigenvalue weighted by Crippen LogP contribution is -2.01. The van der Waals surface area contributed by atoms with Gasteiger partial charge in [0.05, 0.1) is 12.8 Å². The number of aliphatic hydroxyl groups is 1. The summed E-state index contributed by atoms with van der Waals surface area (Å²) in [5, 5.41) is 8.67. The van der Waals surface area contributed by atoms with E-state index < -0.39 is 7.60 Å². The van der Waals surface area contributed by atoms with Crippen LogP contribution in [0.2, 0.25) is 0 Å². The molecule has 0 bridgehead atoms. The quantitative estimate of drug-likeness (QED) is 0.677. The van der Waals surface area contributed by atoms with Crippen LogP contribution in [-0.2, 0) is 10.7 Å². The average molecular weight is 324 g/mol. The van der Waals surface area contributed by atoms with Crippen molar-refractivity contribution in [3.63, 3.8) is 0 Å². The summed E-state index contributed by atoms with van der Waals surface area (Å²) in [4.78, 5) is 17.8. The van der Waals surface area contributed by atoms with E-state index in [0.717, 1.165) is 0 Å². The molecule has 0 aromatic heterocycles. The Balaban J connectivity index is 1.97. The van der Waals surface area contributed by atoms with E-state index in [1.807, 2.05) is 0 Å². The van der Waals surface area contributed by atoms with E-state index in [9.17, 15) is 4.57 Å². The highest BCUT2D eigenvalue weighted by Crippen LogP contribution is 2.39. The second kappa shape index (κ2) is 7.42. The highest BCUT2D eigenvalue weighted by atomic mass is 31.2. The smallest absolute Gasteiger partial charge is 0.329 e. The number of hydrogen-bond donors (Lipinski definition) is 3. The molecule has 2 aromatic rings. The van der Waals surface area contributed by atoms with Crippen LogP contribution in [0, 0.1) is 0 Å². The Labute approximate surface area is 128 Å². The lowest BCUT2D eigenvalue weighted by atomic mass is 10.2. The molecular formula is C15H17O6P. The number of benzene rings is 2. The van der Waals surface area contributed by atoms with E-state index in [0.29, 0.717) is 22.8 Å². The Kier molecular flexibility index (Phi) is 5.57. The molecule has 0 aliphatic heterocycles. The molecule has 3 N–H and O–H groups in total. The van der Waals surface area contributed by atoms with E-state index in [2.05, 4.69) is 0 Å². The number of aliphatic hydroxyl groups excluding tert-OH is 1. The summed E-state index contributed by atoms with van der Waals surface area (Å²) in [5.41, 5.74) is 0.549. The summed E-state index contributed by atoms with van der Waals surface area (Å²) in [5.74, 6) is 1.82. The molecular weight excluding hydrogens is 307 g/mol. The van der Waals surface area contributed by atoms with Gasteiger partial charge in [0.1, 0.15) is 23.9 Å². The number of rotatable bonds is 7. The van der Waals surface area contributed by atoms with Crippen LogP contribution in [-0.4, -0.2) is 28.1 Å². The maximum atomic E-state index is 10.9. The Morgan fingerprint density at radius 3 is 1.86 bits per heavy atom. The van der Waals surface area contributed by atoms with Gasteiger partial charge in [-0.05, 0) is 42.0 Å². The topological polar surface area (TPSA) is 96.2 Å². The van der Waals surface area contributed by atoms with Gasteiger partial charge in [-0.25, -0.2) is 0 Å². The highest BCUT2D eigenvalue weighted by Gasteiger charge is 2.13. The van der Waals surface area contributed by atoms with Crippen molar-refractivity contribution in [2.45, 2.75) is 6.16 Å². The fourth-order valence-electron chi connectivity index (χ4n) is 1.80. The molecule has 118 valence electrons. The van der Waals surface area contributed by atoms with Crippen LogP contribution >= 0.6 is 7.60 Å². The van der Waals surface area contributed by atoms with E-state index in [1.54, 1.807) is 48.5 Å². The fourth-order valence-corrected chi connectivity index (χ4v) is 2.49. The lowest BCUT2D eigenvalue weighted by Gasteiger charge is -2.09. The maximum absolute atomic E-state index is 10.9. The van der Waals surface area contributed by atoms with Crippen molar-refractivity contribution in [2.75, 3.05) is 13.2 Å². The number of hydrogen-bond acceptors (Lipinski definition) is 4. The van der Waals surface area contributed by atoms with Gasteiger partial charge in [0.2, 0.25) is 0 Å². The first-order valence-electron chi connectivity index (χ1n) is 6.61. The molecule has 6 nitrogen and oxygen atoms in total. The lowest BCUT2D eigenvalue weighted by molar-refractivity contribution is 0.201. The van der Waals surface area contributed by atoms with Crippen LogP contribution < -0.4 is 9.47 Å². The Bertz CT molecular complexity index is 632. The first-order valence-corrected chi connectivity index (χ1v) is 8.41. The molecule has 0 saturated carbocycles. The zero-order valence-electron chi connectivity index (χ0n) is 11.8. The van der Waals surface area contributed by atoms with Gasteiger partial charge in [-0.3, -0.25) is 4.57 Å². The third-order valence-electron chi connectivity index (χ3n) is 2.73. The molecule has 0 spiro atoms. The predicted molar refractivity (Wildman–Crippen MR) is 81.3 cm³/mol. The zero-order chi connectivity index (χ0) is 16.0. The third-order valence-corrected chi connectivity index (χ3v) is 3.51. The Morgan fingerprint density at radius 1 is 0.864 bits per heavy atom. The van der Waals surface area contributed by atoms with Crippen molar-refractivity contribution >= 4 is 7.60 Å². The largest absolute Gasteiger partial charge is 0.491 e. The van der Waals surface area contributed by atoms with Crippen molar-refractivity contribution in [3.05, 3.63) is 54.1 Å². The maximum Gasteiger partial charge on any atom is 0.329 e. The zero-order valence-corrected chi connectivity index (χ0v) is 12.6. The van der Waals surface area contributed by atoms with Crippen molar-refractivity contribution in [2.24, 2.45) is 0 Å². The molecule has 0 aliphatic rings. The SMILES string of the molecule is O=P(O)(O)Cc1ccc(Oc2ccc(OCCO)cc2)cc1. The molecule has 0 aliphatic carbocycles. The van der Waals surface area contributed by atoms with Gasteiger partial charge in [0.15, 0.2) is 0 Å². The molecule has 0 unspecified atom stereocenters. The molecule has 0 atom stereocenters. The van der Waals surface area contributed by atoms with Crippen molar-refractivity contribution < 1.29 is 28.9 Å². The van der Waals surface area contributed by atoms with Gasteiger partial charge in [-0.1, -0.05) is 12.1 Å². The standard InChI is InChI=1S/C15H17O6P/c16-9-10-20-13-5-7-15(8-6-13)21-14-3-1-12(2-4-14)11-22(17,18)19/h1-8,16H,9-11H2,(H2,17,18,19). The van der Waals surface area contributed by atoms with E-state index in [4.69, 9.17) is 24.4 Å². The first-order chi connectivity index (χ1) is 10.5. The van der Waals surface area contributed by atoms with E-state index in [1.165, 1.54) is 0 Å². The normalized spacial score (nSPS) is 11.2. The highest BCUT2D eigenvalue weighted by molar-refractivity contribution is 7.50. The minimum atomic E-state index is -4.06. The van der Waals surface area contributed by atoms with Gasteiger partial charge in [-0.15, -0.1) is 0 Å². The Hall–Kier alpha value is -1.85. The van der Waals surface area contributed by atoms with Crippen molar-refractivity contribution in [1.82, 2.24) is 0 Å². The molecule has 0 fully saturated rings. The van der Waals surface area contributed by atoms with E-state index >= 15 is 0 Å². The monoisotopic (exact) mass is 324 g/mol. The average Bonchev–Trinajstić information content (AvgIpc) is 2.47. The molecule has 7 heteroatoms. The van der Waals surface area contributed by atoms with Crippen LogP contribution in [0.5, 0.6) is 17.2 Å². The molecule has 0 saturated heterocycles. The summed E-state index contributed by atoms with van der Waals surface area (Å²) < 4.78 is 21.8. The molecule has 0 amide bonds. The summed E-state index contributed by atoms with van der Waals surface area (Å²) in [7, 11) is -4.06. The van der Waals surface area contributed by atoms with Crippen LogP contribution in [0.25, 0.3) is 0 Å². The summed E-state index contributed by atoms with van der Waals surface area (Å²) in [6.45, 7) is 0.195. The van der Waals surface area contributed by atoms with Gasteiger partial charge in [0.25, 0.3) is 0 Å². The first kappa shape index (κ1) is 16.5. The molecule has 0 heterocycles. The molecule has 2 rings (SSSR count). The number of ether oxygens (including phenoxy) is 2. The Morgan fingerprint density at radius 2 is 1.36 bits per heavy atom. The summed E-state index contributed by atoms with van der Waals surface area (Å²) in [6, 6.07) is 13.5. The minimum Gasteiger partial charge on any atom is -0.491 e. The van der Waals surface area contributed by atoms with Crippen LogP contribution in [0.1, 0.15) is 5.56 Å². The predicted octanol–water partition coefficient (Wildman–Crippen LogP) is 2.53. The van der Waals surface area contributed by atoms with Gasteiger partial charge >= 0.3 is 7.60 Å². The minimum absolute atomic E-state index is 0.0424. The second-order valence-corrected chi connectivity index (χ2v) is 6.26. The van der Waals surface area contributed by atoms with Crippen LogP contribution in [0.3, 0.4) is 0 Å². The second-order valence-electron chi connectivity index (χ2n) is 4.61. The molecule has 2 aromatic carbocycles.